The molecule has 29 heavy (non-hydrogen) atoms. The van der Waals surface area contributed by atoms with Crippen molar-refractivity contribution in [2.75, 3.05) is 45.6 Å². The smallest absolute Gasteiger partial charge is 0.168 e. The van der Waals surface area contributed by atoms with Crippen molar-refractivity contribution in [3.63, 3.8) is 0 Å². The second-order valence-electron chi connectivity index (χ2n) is 4.56. The predicted molar refractivity (Wildman–Crippen MR) is 112 cm³/mol. The van der Waals surface area contributed by atoms with Gasteiger partial charge in [-0.3, -0.25) is 0 Å². The van der Waals surface area contributed by atoms with E-state index in [4.69, 9.17) is 41.0 Å². The van der Waals surface area contributed by atoms with Gasteiger partial charge in [-0.1, -0.05) is 12.0 Å². The number of benzene rings is 2. The van der Waals surface area contributed by atoms with Gasteiger partial charge in [0.05, 0.1) is 46.0 Å². The molecular formula is C22H23N3O4. The van der Waals surface area contributed by atoms with Gasteiger partial charge in [-0.2, -0.15) is 0 Å². The molecule has 7 heteroatoms. The summed E-state index contributed by atoms with van der Waals surface area (Å²) in [6.45, 7) is -16.0. The maximum Gasteiger partial charge on any atom is 0.168 e. The Morgan fingerprint density at radius 2 is 1.93 bits per heavy atom. The van der Waals surface area contributed by atoms with Crippen LogP contribution in [0.25, 0.3) is 10.9 Å². The van der Waals surface area contributed by atoms with Crippen molar-refractivity contribution in [3.05, 3.63) is 48.1 Å². The minimum Gasteiger partial charge on any atom is -0.487 e. The van der Waals surface area contributed by atoms with Crippen LogP contribution < -0.4 is 14.8 Å². The molecule has 0 spiro atoms. The number of rotatable bonds is 10. The lowest BCUT2D eigenvalue weighted by atomic mass is 10.2. The Morgan fingerprint density at radius 1 is 1.14 bits per heavy atom. The van der Waals surface area contributed by atoms with Gasteiger partial charge < -0.3 is 24.3 Å². The first kappa shape index (κ1) is 6.08. The fraction of sp³-hybridized carbons (Fsp3) is 0.273. The van der Waals surface area contributed by atoms with Crippen LogP contribution in [0.5, 0.6) is 11.5 Å². The van der Waals surface area contributed by atoms with Crippen molar-refractivity contribution in [1.29, 1.82) is 0 Å². The molecule has 3 rings (SSSR count). The molecule has 7 nitrogen and oxygen atoms in total. The van der Waals surface area contributed by atoms with Crippen LogP contribution in [0.2, 0.25) is 1.41 Å². The van der Waals surface area contributed by atoms with E-state index in [1.165, 1.54) is 0 Å². The molecule has 2 aromatic carbocycles. The largest absolute Gasteiger partial charge is 0.487 e. The van der Waals surface area contributed by atoms with Crippen LogP contribution in [0.3, 0.4) is 0 Å². The standard InChI is InChI=1S/C22H23N3O4/c1-4-16-6-5-7-17(12-16)25-22-18-13-20(28-10-8-26-2)21(29-11-9-27-3)14-19(18)23-15-24-22/h1,5-7,12-15H,8-11H2,2-3H3,(H,23,24,25)/i1D,2D3,3D3,5D,6D,7D,8D2,9D2,10D2,11D2,12D,13D,14D,15D/hD. The Hall–Kier alpha value is -3.34. The highest BCUT2D eigenvalue weighted by molar-refractivity contribution is 5.93. The second-order valence-corrected chi connectivity index (χ2v) is 4.56. The van der Waals surface area contributed by atoms with E-state index in [9.17, 15) is 0 Å². The molecule has 0 aliphatic rings. The Bertz CT molecular complexity index is 1950. The Kier molecular flexibility index (Phi) is 2.15. The monoisotopic (exact) mass is 416 g/mol. The number of nitrogens with one attached hydrogen (secondary N) is 1. The fourth-order valence-electron chi connectivity index (χ4n) is 1.85. The molecule has 150 valence electrons. The Morgan fingerprint density at radius 3 is 2.69 bits per heavy atom. The first-order chi connectivity index (χ1) is 23.3. The van der Waals surface area contributed by atoms with E-state index >= 15 is 0 Å². The summed E-state index contributed by atoms with van der Waals surface area (Å²) in [5.74, 6) is -2.05. The van der Waals surface area contributed by atoms with Gasteiger partial charge in [0.25, 0.3) is 0 Å². The summed E-state index contributed by atoms with van der Waals surface area (Å²) in [7, 11) is -7.23. The summed E-state index contributed by atoms with van der Waals surface area (Å²) in [6.07, 6.45) is 0.580. The molecule has 3 aromatic rings. The van der Waals surface area contributed by atoms with Gasteiger partial charge >= 0.3 is 0 Å². The molecule has 0 saturated carbocycles. The summed E-state index contributed by atoms with van der Waals surface area (Å²) in [5, 5.41) is -0.892. The summed E-state index contributed by atoms with van der Waals surface area (Å²) in [4.78, 5) is 7.30. The molecule has 0 bridgehead atoms. The predicted octanol–water partition coefficient (Wildman–Crippen LogP) is 3.41. The van der Waals surface area contributed by atoms with Crippen LogP contribution in [-0.4, -0.2) is 50.3 Å². The summed E-state index contributed by atoms with van der Waals surface area (Å²) < 4.78 is 200. The van der Waals surface area contributed by atoms with Crippen molar-refractivity contribution in [3.8, 4) is 23.8 Å². The lowest BCUT2D eigenvalue weighted by Crippen LogP contribution is -2.09. The van der Waals surface area contributed by atoms with Crippen LogP contribution in [0.4, 0.5) is 11.5 Å². The third-order valence-corrected chi connectivity index (χ3v) is 2.90. The zero-order chi connectivity index (χ0) is 40.3. The molecule has 0 aliphatic carbocycles. The van der Waals surface area contributed by atoms with Crippen LogP contribution in [-0.2, 0) is 9.47 Å². The highest BCUT2D eigenvalue weighted by atomic mass is 16.5. The third-order valence-electron chi connectivity index (χ3n) is 2.90. The Labute approximate surface area is 202 Å². The number of ether oxygens (including phenoxy) is 4. The van der Waals surface area contributed by atoms with Crippen molar-refractivity contribution < 1.29 is 50.5 Å². The SMILES string of the molecule is [2H]C#Cc1c([2H])c([2H])c([2H])c(N([2H])c2nc([2H])nc3c([2H])c(OC([2H])([2H])C([2H])([2H])OC([2H])([2H])[2H])c(OC([2H])([2H])C([2H])([2H])OC([2H])([2H])[2H])c([2H])c23)c1[2H]. The van der Waals surface area contributed by atoms with Gasteiger partial charge in [0, 0.05) is 36.8 Å². The molecule has 1 aromatic heterocycles. The lowest BCUT2D eigenvalue weighted by molar-refractivity contribution is 0.132. The van der Waals surface area contributed by atoms with E-state index in [0.29, 0.717) is 0 Å². The molecule has 1 heterocycles. The van der Waals surface area contributed by atoms with Gasteiger partial charge in [-0.15, -0.1) is 6.40 Å². The van der Waals surface area contributed by atoms with Gasteiger partial charge in [-0.25, -0.2) is 9.97 Å². The number of nitrogens with zero attached hydrogens (tertiary/aromatic N) is 2. The molecule has 0 unspecified atom stereocenters. The van der Waals surface area contributed by atoms with Gasteiger partial charge in [0.1, 0.15) is 28.0 Å². The number of anilines is 2. The highest BCUT2D eigenvalue weighted by Gasteiger charge is 2.13. The maximum atomic E-state index is 8.88. The maximum absolute atomic E-state index is 8.88. The number of fused-ring (bicyclic) bond motifs is 1. The fourth-order valence-corrected chi connectivity index (χ4v) is 1.85. The van der Waals surface area contributed by atoms with E-state index < -0.39 is 122 Å². The average Bonchev–Trinajstić information content (AvgIpc) is 2.95. The van der Waals surface area contributed by atoms with E-state index in [2.05, 4.69) is 25.4 Å². The highest BCUT2D eigenvalue weighted by Crippen LogP contribution is 2.35. The molecular weight excluding hydrogens is 370 g/mol. The number of methoxy groups -OCH3 is 2. The van der Waals surface area contributed by atoms with Crippen molar-refractivity contribution in [2.24, 2.45) is 0 Å². The minimum atomic E-state index is -4.04. The van der Waals surface area contributed by atoms with Gasteiger partial charge in [-0.05, 0) is 24.2 Å². The topological polar surface area (TPSA) is 74.7 Å². The van der Waals surface area contributed by atoms with Crippen molar-refractivity contribution in [1.82, 2.24) is 9.97 Å². The molecule has 0 fully saturated rings. The number of terminal acetylenes is 1. The van der Waals surface area contributed by atoms with E-state index in [0.717, 1.165) is 0 Å². The molecule has 0 atom stereocenters. The Balaban J connectivity index is 2.52. The van der Waals surface area contributed by atoms with Crippen LogP contribution in [0.1, 0.15) is 35.7 Å². The summed E-state index contributed by atoms with van der Waals surface area (Å²) in [5.41, 5.74) is -2.46. The first-order valence-electron chi connectivity index (χ1n) is 18.7. The molecule has 0 saturated heterocycles. The number of aromatic nitrogens is 2. The van der Waals surface area contributed by atoms with Crippen molar-refractivity contribution in [2.45, 2.75) is 0 Å². The van der Waals surface area contributed by atoms with Crippen LogP contribution in [0, 0.1) is 12.3 Å². The van der Waals surface area contributed by atoms with E-state index in [1.54, 1.807) is 6.40 Å². The van der Waals surface area contributed by atoms with E-state index in [-0.39, 0.29) is 5.31 Å². The zero-order valence-corrected chi connectivity index (χ0v) is 14.0. The number of hydrogen-bond acceptors (Lipinski definition) is 7. The van der Waals surface area contributed by atoms with Crippen LogP contribution >= 0.6 is 0 Å². The van der Waals surface area contributed by atoms with Crippen LogP contribution in [0.15, 0.2) is 42.6 Å². The summed E-state index contributed by atoms with van der Waals surface area (Å²) in [6, 6.07) is -6.28. The lowest BCUT2D eigenvalue weighted by Gasteiger charge is -2.15. The molecule has 0 aliphatic heterocycles. The average molecular weight is 417 g/mol. The molecule has 0 amide bonds. The normalized spacial score (nSPS) is 24.6. The van der Waals surface area contributed by atoms with Crippen molar-refractivity contribution >= 4 is 22.4 Å². The van der Waals surface area contributed by atoms with Gasteiger partial charge in [0.15, 0.2) is 12.9 Å². The first-order valence-corrected chi connectivity index (χ1v) is 7.22. The minimum absolute atomic E-state index is 0.0504. The van der Waals surface area contributed by atoms with E-state index in [1.807, 2.05) is 0 Å². The molecule has 1 N–H and O–H groups in total. The second kappa shape index (κ2) is 10.3. The third kappa shape index (κ3) is 5.35. The zero-order valence-electron chi connectivity index (χ0n) is 37.0. The van der Waals surface area contributed by atoms with Gasteiger partial charge in [0.2, 0.25) is 0 Å². The number of hydrogen-bond donors (Lipinski definition) is 1. The molecule has 0 radical (unpaired) electrons. The summed E-state index contributed by atoms with van der Waals surface area (Å²) >= 11 is 0. The quantitative estimate of drug-likeness (QED) is 0.508.